The van der Waals surface area contributed by atoms with Gasteiger partial charge < -0.3 is 14.8 Å². The standard InChI is InChI=1S/C22H21N3O2/c1-13-12-27-21-8-7-17(10-19(13)21)20-11-22(25-15(3)24-20)23-14(2)16-5-4-6-18(26)9-16/h4-12,14,26H,1-3H3,(H,23,24,25). The molecule has 136 valence electrons. The number of aromatic hydroxyl groups is 1. The Hall–Kier alpha value is -3.34. The first-order chi connectivity index (χ1) is 13.0. The van der Waals surface area contributed by atoms with Crippen molar-refractivity contribution in [1.29, 1.82) is 0 Å². The Morgan fingerprint density at radius 2 is 1.89 bits per heavy atom. The van der Waals surface area contributed by atoms with Crippen LogP contribution in [0.5, 0.6) is 5.75 Å². The third-order valence-electron chi connectivity index (χ3n) is 4.64. The zero-order valence-corrected chi connectivity index (χ0v) is 15.5. The lowest BCUT2D eigenvalue weighted by atomic mass is 10.1. The van der Waals surface area contributed by atoms with Gasteiger partial charge in [-0.1, -0.05) is 12.1 Å². The van der Waals surface area contributed by atoms with Crippen molar-refractivity contribution in [3.8, 4) is 17.0 Å². The monoisotopic (exact) mass is 359 g/mol. The third kappa shape index (κ3) is 3.49. The topological polar surface area (TPSA) is 71.2 Å². The van der Waals surface area contributed by atoms with Gasteiger partial charge in [-0.25, -0.2) is 9.97 Å². The second kappa shape index (κ2) is 6.76. The highest BCUT2D eigenvalue weighted by Gasteiger charge is 2.11. The molecule has 0 fully saturated rings. The minimum atomic E-state index is -0.00199. The molecule has 0 amide bonds. The predicted octanol–water partition coefficient (Wildman–Crippen LogP) is 5.39. The summed E-state index contributed by atoms with van der Waals surface area (Å²) in [4.78, 5) is 9.11. The number of nitrogens with one attached hydrogen (secondary N) is 1. The maximum absolute atomic E-state index is 9.70. The van der Waals surface area contributed by atoms with E-state index in [0.717, 1.165) is 39.2 Å². The molecule has 2 heterocycles. The van der Waals surface area contributed by atoms with E-state index in [1.54, 1.807) is 18.4 Å². The van der Waals surface area contributed by atoms with Crippen molar-refractivity contribution in [2.75, 3.05) is 5.32 Å². The molecule has 1 unspecified atom stereocenters. The van der Waals surface area contributed by atoms with E-state index in [1.165, 1.54) is 0 Å². The van der Waals surface area contributed by atoms with E-state index in [2.05, 4.69) is 21.4 Å². The number of furan rings is 1. The highest BCUT2D eigenvalue weighted by molar-refractivity contribution is 5.85. The summed E-state index contributed by atoms with van der Waals surface area (Å²) in [6, 6.07) is 15.2. The molecule has 5 heteroatoms. The Balaban J connectivity index is 1.67. The fourth-order valence-corrected chi connectivity index (χ4v) is 3.20. The van der Waals surface area contributed by atoms with Gasteiger partial charge in [0.25, 0.3) is 0 Å². The van der Waals surface area contributed by atoms with Crippen molar-refractivity contribution in [3.63, 3.8) is 0 Å². The van der Waals surface area contributed by atoms with Gasteiger partial charge in [0, 0.05) is 17.0 Å². The van der Waals surface area contributed by atoms with Crippen LogP contribution in [0.25, 0.3) is 22.2 Å². The number of aryl methyl sites for hydroxylation is 2. The molecule has 27 heavy (non-hydrogen) atoms. The van der Waals surface area contributed by atoms with Crippen molar-refractivity contribution >= 4 is 16.8 Å². The van der Waals surface area contributed by atoms with Gasteiger partial charge >= 0.3 is 0 Å². The van der Waals surface area contributed by atoms with Gasteiger partial charge in [0.15, 0.2) is 0 Å². The molecule has 4 aromatic rings. The van der Waals surface area contributed by atoms with Crippen LogP contribution >= 0.6 is 0 Å². The Kier molecular flexibility index (Phi) is 4.28. The normalized spacial score (nSPS) is 12.3. The fraction of sp³-hybridized carbons (Fsp3) is 0.182. The van der Waals surface area contributed by atoms with Crippen LogP contribution < -0.4 is 5.32 Å². The molecule has 0 aliphatic rings. The number of nitrogens with zero attached hydrogens (tertiary/aromatic N) is 2. The highest BCUT2D eigenvalue weighted by Crippen LogP contribution is 2.28. The molecule has 0 spiro atoms. The largest absolute Gasteiger partial charge is 0.508 e. The molecule has 5 nitrogen and oxygen atoms in total. The molecule has 2 aromatic carbocycles. The molecule has 0 aliphatic carbocycles. The lowest BCUT2D eigenvalue weighted by Gasteiger charge is -2.16. The van der Waals surface area contributed by atoms with E-state index in [1.807, 2.05) is 51.1 Å². The van der Waals surface area contributed by atoms with Crippen LogP contribution in [0.15, 0.2) is 59.2 Å². The molecular formula is C22H21N3O2. The average Bonchev–Trinajstić information content (AvgIpc) is 3.02. The number of benzene rings is 2. The van der Waals surface area contributed by atoms with E-state index >= 15 is 0 Å². The summed E-state index contributed by atoms with van der Waals surface area (Å²) in [5.41, 5.74) is 4.84. The van der Waals surface area contributed by atoms with Gasteiger partial charge in [0.1, 0.15) is 23.0 Å². The average molecular weight is 359 g/mol. The van der Waals surface area contributed by atoms with Crippen LogP contribution in [-0.2, 0) is 0 Å². The number of rotatable bonds is 4. The smallest absolute Gasteiger partial charge is 0.134 e. The Morgan fingerprint density at radius 3 is 2.70 bits per heavy atom. The SMILES string of the molecule is Cc1nc(NC(C)c2cccc(O)c2)cc(-c2ccc3occ(C)c3c2)n1. The van der Waals surface area contributed by atoms with Crippen molar-refractivity contribution in [2.24, 2.45) is 0 Å². The second-order valence-corrected chi connectivity index (χ2v) is 6.78. The van der Waals surface area contributed by atoms with E-state index in [-0.39, 0.29) is 11.8 Å². The molecule has 2 N–H and O–H groups in total. The third-order valence-corrected chi connectivity index (χ3v) is 4.64. The van der Waals surface area contributed by atoms with Crippen molar-refractivity contribution in [2.45, 2.75) is 26.8 Å². The zero-order valence-electron chi connectivity index (χ0n) is 15.5. The number of fused-ring (bicyclic) bond motifs is 1. The fourth-order valence-electron chi connectivity index (χ4n) is 3.20. The first-order valence-electron chi connectivity index (χ1n) is 8.89. The number of aromatic nitrogens is 2. The summed E-state index contributed by atoms with van der Waals surface area (Å²) < 4.78 is 5.53. The number of phenols is 1. The van der Waals surface area contributed by atoms with Crippen molar-refractivity contribution in [1.82, 2.24) is 9.97 Å². The van der Waals surface area contributed by atoms with Gasteiger partial charge in [-0.3, -0.25) is 0 Å². The summed E-state index contributed by atoms with van der Waals surface area (Å²) in [7, 11) is 0. The predicted molar refractivity (Wildman–Crippen MR) is 107 cm³/mol. The number of hydrogen-bond acceptors (Lipinski definition) is 5. The Bertz CT molecular complexity index is 1120. The van der Waals surface area contributed by atoms with Crippen LogP contribution in [0.1, 0.15) is 29.9 Å². The van der Waals surface area contributed by atoms with Crippen LogP contribution in [0, 0.1) is 13.8 Å². The Labute approximate surface area is 157 Å². The van der Waals surface area contributed by atoms with Gasteiger partial charge in [-0.15, -0.1) is 0 Å². The summed E-state index contributed by atoms with van der Waals surface area (Å²) in [5, 5.41) is 14.2. The molecule has 4 rings (SSSR count). The molecule has 0 radical (unpaired) electrons. The second-order valence-electron chi connectivity index (χ2n) is 6.78. The molecule has 0 aliphatic heterocycles. The summed E-state index contributed by atoms with van der Waals surface area (Å²) in [6.45, 7) is 5.95. The van der Waals surface area contributed by atoms with Crippen LogP contribution in [0.3, 0.4) is 0 Å². The zero-order chi connectivity index (χ0) is 19.0. The maximum atomic E-state index is 9.70. The van der Waals surface area contributed by atoms with Gasteiger partial charge in [0.05, 0.1) is 18.0 Å². The molecule has 0 saturated carbocycles. The number of anilines is 1. The molecule has 2 aromatic heterocycles. The van der Waals surface area contributed by atoms with Crippen LogP contribution in [0.4, 0.5) is 5.82 Å². The lowest BCUT2D eigenvalue weighted by Crippen LogP contribution is -2.09. The van der Waals surface area contributed by atoms with E-state index in [0.29, 0.717) is 5.82 Å². The maximum Gasteiger partial charge on any atom is 0.134 e. The first kappa shape index (κ1) is 17.1. The van der Waals surface area contributed by atoms with Crippen molar-refractivity contribution < 1.29 is 9.52 Å². The van der Waals surface area contributed by atoms with E-state index in [9.17, 15) is 5.11 Å². The quantitative estimate of drug-likeness (QED) is 0.511. The molecule has 1 atom stereocenters. The highest BCUT2D eigenvalue weighted by atomic mass is 16.3. The minimum absolute atomic E-state index is 0.00199. The van der Waals surface area contributed by atoms with E-state index in [4.69, 9.17) is 4.42 Å². The molecule has 0 saturated heterocycles. The van der Waals surface area contributed by atoms with Crippen LogP contribution in [-0.4, -0.2) is 15.1 Å². The van der Waals surface area contributed by atoms with E-state index < -0.39 is 0 Å². The van der Waals surface area contributed by atoms with Crippen LogP contribution in [0.2, 0.25) is 0 Å². The van der Waals surface area contributed by atoms with Crippen molar-refractivity contribution in [3.05, 3.63) is 71.7 Å². The number of phenolic OH excluding ortho intramolecular Hbond substituents is 1. The van der Waals surface area contributed by atoms with Gasteiger partial charge in [-0.2, -0.15) is 0 Å². The van der Waals surface area contributed by atoms with Gasteiger partial charge in [0.2, 0.25) is 0 Å². The Morgan fingerprint density at radius 1 is 1.04 bits per heavy atom. The summed E-state index contributed by atoms with van der Waals surface area (Å²) >= 11 is 0. The van der Waals surface area contributed by atoms with Gasteiger partial charge in [-0.05, 0) is 62.2 Å². The minimum Gasteiger partial charge on any atom is -0.508 e. The molecule has 0 bridgehead atoms. The molecular weight excluding hydrogens is 338 g/mol. The lowest BCUT2D eigenvalue weighted by molar-refractivity contribution is 0.474. The summed E-state index contributed by atoms with van der Waals surface area (Å²) in [5.74, 6) is 1.70. The number of hydrogen-bond donors (Lipinski definition) is 2. The summed E-state index contributed by atoms with van der Waals surface area (Å²) in [6.07, 6.45) is 1.77. The first-order valence-corrected chi connectivity index (χ1v) is 8.89.